The lowest BCUT2D eigenvalue weighted by atomic mass is 10.1. The summed E-state index contributed by atoms with van der Waals surface area (Å²) in [7, 11) is 0. The van der Waals surface area contributed by atoms with E-state index in [1.807, 2.05) is 34.9 Å². The van der Waals surface area contributed by atoms with E-state index >= 15 is 0 Å². The van der Waals surface area contributed by atoms with E-state index in [2.05, 4.69) is 20.8 Å². The number of rotatable bonds is 14. The average molecular weight is 640 g/mol. The van der Waals surface area contributed by atoms with Crippen molar-refractivity contribution in [2.75, 3.05) is 18.5 Å². The highest BCUT2D eigenvalue weighted by atomic mass is 32.2. The maximum Gasteiger partial charge on any atom is 0.348 e. The molecular formula is C30H33N5O7S2. The van der Waals surface area contributed by atoms with Crippen molar-refractivity contribution in [2.45, 2.75) is 57.6 Å². The van der Waals surface area contributed by atoms with Crippen LogP contribution in [-0.4, -0.2) is 57.0 Å². The Hall–Kier alpha value is -4.43. The molecule has 0 aliphatic carbocycles. The summed E-state index contributed by atoms with van der Waals surface area (Å²) in [5.74, 6) is -1.34. The minimum absolute atomic E-state index is 0.0937. The molecule has 0 radical (unpaired) electrons. The Balaban J connectivity index is 1.53. The molecule has 12 nitrogen and oxygen atoms in total. The van der Waals surface area contributed by atoms with E-state index in [0.29, 0.717) is 29.5 Å². The van der Waals surface area contributed by atoms with Gasteiger partial charge >= 0.3 is 11.9 Å². The maximum absolute atomic E-state index is 13.4. The summed E-state index contributed by atoms with van der Waals surface area (Å²) >= 11 is 2.14. The van der Waals surface area contributed by atoms with Gasteiger partial charge in [0.05, 0.1) is 36.8 Å². The van der Waals surface area contributed by atoms with E-state index in [-0.39, 0.29) is 46.9 Å². The van der Waals surface area contributed by atoms with Gasteiger partial charge in [0, 0.05) is 6.54 Å². The van der Waals surface area contributed by atoms with Crippen LogP contribution >= 0.6 is 23.1 Å². The number of furan rings is 1. The molecule has 1 atom stereocenters. The molecular weight excluding hydrogens is 606 g/mol. The van der Waals surface area contributed by atoms with Crippen molar-refractivity contribution in [1.29, 1.82) is 0 Å². The molecule has 0 saturated carbocycles. The maximum atomic E-state index is 13.4. The fourth-order valence-electron chi connectivity index (χ4n) is 4.17. The Bertz CT molecular complexity index is 1600. The number of nitrogens with zero attached hydrogens (tertiary/aromatic N) is 3. The topological polar surface area (TPSA) is 155 Å². The fourth-order valence-corrected chi connectivity index (χ4v) is 6.15. The molecule has 3 aromatic heterocycles. The van der Waals surface area contributed by atoms with Crippen LogP contribution in [0.1, 0.15) is 68.3 Å². The van der Waals surface area contributed by atoms with E-state index in [9.17, 15) is 19.2 Å². The number of ether oxygens (including phenoxy) is 2. The minimum atomic E-state index is -0.677. The standard InChI is InChI=1S/C30H33N5O7S2/c1-5-40-28(38)23-18(3)24(29(39)41-6-2)44-27(23)32-25(36)19(4)43-30-34-33-22(17-31-26(37)21-13-10-16-42-21)35(30)15-14-20-11-8-7-9-12-20/h7-13,16,19H,5-6,14-15,17H2,1-4H3,(H,31,37)(H,32,36)/t19-/m1/s1. The molecule has 0 unspecified atom stereocenters. The van der Waals surface area contributed by atoms with E-state index in [1.165, 1.54) is 18.0 Å². The number of anilines is 1. The Morgan fingerprint density at radius 2 is 1.75 bits per heavy atom. The molecule has 44 heavy (non-hydrogen) atoms. The minimum Gasteiger partial charge on any atom is -0.462 e. The quantitative estimate of drug-likeness (QED) is 0.144. The van der Waals surface area contributed by atoms with Crippen LogP contribution in [-0.2, 0) is 33.8 Å². The molecule has 0 saturated heterocycles. The van der Waals surface area contributed by atoms with Gasteiger partial charge in [-0.25, -0.2) is 9.59 Å². The monoisotopic (exact) mass is 639 g/mol. The van der Waals surface area contributed by atoms with Crippen molar-refractivity contribution in [3.05, 3.63) is 81.9 Å². The molecule has 4 aromatic rings. The highest BCUT2D eigenvalue weighted by Crippen LogP contribution is 2.35. The number of hydrogen-bond acceptors (Lipinski definition) is 11. The number of thioether (sulfide) groups is 1. The number of carbonyl (C=O) groups excluding carboxylic acids is 4. The van der Waals surface area contributed by atoms with Crippen LogP contribution in [0, 0.1) is 6.92 Å². The molecule has 1 aromatic carbocycles. The molecule has 2 N–H and O–H groups in total. The van der Waals surface area contributed by atoms with E-state index in [4.69, 9.17) is 13.9 Å². The van der Waals surface area contributed by atoms with Crippen molar-refractivity contribution in [1.82, 2.24) is 20.1 Å². The third-order valence-electron chi connectivity index (χ3n) is 6.39. The van der Waals surface area contributed by atoms with Crippen molar-refractivity contribution < 1.29 is 33.1 Å². The second-order valence-electron chi connectivity index (χ2n) is 9.40. The van der Waals surface area contributed by atoms with Gasteiger partial charge in [0.1, 0.15) is 9.88 Å². The first-order chi connectivity index (χ1) is 21.2. The van der Waals surface area contributed by atoms with Crippen molar-refractivity contribution in [3.63, 3.8) is 0 Å². The summed E-state index contributed by atoms with van der Waals surface area (Å²) < 4.78 is 17.3. The van der Waals surface area contributed by atoms with Gasteiger partial charge in [-0.15, -0.1) is 21.5 Å². The lowest BCUT2D eigenvalue weighted by Crippen LogP contribution is -2.25. The largest absolute Gasteiger partial charge is 0.462 e. The average Bonchev–Trinajstić information content (AvgIpc) is 3.75. The number of esters is 2. The third kappa shape index (κ3) is 7.94. The molecule has 0 aliphatic rings. The van der Waals surface area contributed by atoms with Crippen LogP contribution in [0.4, 0.5) is 5.00 Å². The summed E-state index contributed by atoms with van der Waals surface area (Å²) in [5, 5.41) is 14.2. The van der Waals surface area contributed by atoms with Gasteiger partial charge in [0.25, 0.3) is 5.91 Å². The summed E-state index contributed by atoms with van der Waals surface area (Å²) in [4.78, 5) is 51.3. The van der Waals surface area contributed by atoms with Gasteiger partial charge in [-0.3, -0.25) is 9.59 Å². The Morgan fingerprint density at radius 1 is 1.02 bits per heavy atom. The Kier molecular flexibility index (Phi) is 11.3. The zero-order valence-electron chi connectivity index (χ0n) is 24.7. The van der Waals surface area contributed by atoms with Gasteiger partial charge in [-0.05, 0) is 57.4 Å². The number of hydrogen-bond donors (Lipinski definition) is 2. The number of thiophene rings is 1. The number of aryl methyl sites for hydroxylation is 1. The van der Waals surface area contributed by atoms with Crippen molar-refractivity contribution in [2.24, 2.45) is 0 Å². The smallest absolute Gasteiger partial charge is 0.348 e. The van der Waals surface area contributed by atoms with Gasteiger partial charge < -0.3 is 29.1 Å². The van der Waals surface area contributed by atoms with Crippen LogP contribution in [0.2, 0.25) is 0 Å². The van der Waals surface area contributed by atoms with Crippen molar-refractivity contribution >= 4 is 51.9 Å². The van der Waals surface area contributed by atoms with E-state index in [0.717, 1.165) is 16.9 Å². The lowest BCUT2D eigenvalue weighted by molar-refractivity contribution is -0.115. The lowest BCUT2D eigenvalue weighted by Gasteiger charge is -2.14. The normalized spacial score (nSPS) is 11.5. The number of benzene rings is 1. The number of carbonyl (C=O) groups is 4. The second kappa shape index (κ2) is 15.3. The van der Waals surface area contributed by atoms with Crippen LogP contribution in [0.5, 0.6) is 0 Å². The Morgan fingerprint density at radius 3 is 2.43 bits per heavy atom. The van der Waals surface area contributed by atoms with Gasteiger partial charge in [0.2, 0.25) is 5.91 Å². The second-order valence-corrected chi connectivity index (χ2v) is 11.7. The van der Waals surface area contributed by atoms with Crippen LogP contribution in [0.15, 0.2) is 58.3 Å². The summed E-state index contributed by atoms with van der Waals surface area (Å²) in [6, 6.07) is 13.1. The first kappa shape index (κ1) is 32.5. The van der Waals surface area contributed by atoms with Gasteiger partial charge in [-0.2, -0.15) is 0 Å². The molecule has 2 amide bonds. The molecule has 0 fully saturated rings. The zero-order valence-corrected chi connectivity index (χ0v) is 26.4. The predicted octanol–water partition coefficient (Wildman–Crippen LogP) is 4.89. The first-order valence-electron chi connectivity index (χ1n) is 14.0. The van der Waals surface area contributed by atoms with Crippen LogP contribution in [0.25, 0.3) is 0 Å². The number of aromatic nitrogens is 3. The summed E-state index contributed by atoms with van der Waals surface area (Å²) in [5.41, 5.74) is 1.60. The SMILES string of the molecule is CCOC(=O)c1sc(NC(=O)[C@@H](C)Sc2nnc(CNC(=O)c3ccco3)n2CCc2ccccc2)c(C(=O)OCC)c1C. The summed E-state index contributed by atoms with van der Waals surface area (Å²) in [6.07, 6.45) is 2.09. The van der Waals surface area contributed by atoms with Crippen LogP contribution < -0.4 is 10.6 Å². The van der Waals surface area contributed by atoms with E-state index < -0.39 is 23.1 Å². The van der Waals surface area contributed by atoms with Crippen molar-refractivity contribution in [3.8, 4) is 0 Å². The van der Waals surface area contributed by atoms with Gasteiger partial charge in [-0.1, -0.05) is 42.1 Å². The molecule has 232 valence electrons. The molecule has 3 heterocycles. The number of nitrogens with one attached hydrogen (secondary N) is 2. The first-order valence-corrected chi connectivity index (χ1v) is 15.7. The molecule has 0 aliphatic heterocycles. The molecule has 0 bridgehead atoms. The zero-order chi connectivity index (χ0) is 31.6. The molecule has 4 rings (SSSR count). The molecule has 14 heteroatoms. The fraction of sp³-hybridized carbons (Fsp3) is 0.333. The van der Waals surface area contributed by atoms with Crippen LogP contribution in [0.3, 0.4) is 0 Å². The summed E-state index contributed by atoms with van der Waals surface area (Å²) in [6.45, 7) is 7.57. The highest BCUT2D eigenvalue weighted by Gasteiger charge is 2.29. The third-order valence-corrected chi connectivity index (χ3v) is 8.66. The predicted molar refractivity (Wildman–Crippen MR) is 165 cm³/mol. The molecule has 0 spiro atoms. The number of amides is 2. The Labute approximate surface area is 262 Å². The van der Waals surface area contributed by atoms with E-state index in [1.54, 1.807) is 39.8 Å². The van der Waals surface area contributed by atoms with Gasteiger partial charge in [0.15, 0.2) is 16.7 Å². The highest BCUT2D eigenvalue weighted by molar-refractivity contribution is 8.00.